The Kier molecular flexibility index (Phi) is 4.57. The number of carbonyl (C=O) groups excluding carboxylic acids is 1. The second-order valence-corrected chi connectivity index (χ2v) is 5.62. The van der Waals surface area contributed by atoms with Crippen molar-refractivity contribution in [1.82, 2.24) is 4.90 Å². The van der Waals surface area contributed by atoms with E-state index in [9.17, 15) is 4.79 Å². The van der Waals surface area contributed by atoms with Gasteiger partial charge >= 0.3 is 0 Å². The topological polar surface area (TPSA) is 29.5 Å². The van der Waals surface area contributed by atoms with Gasteiger partial charge in [0.15, 0.2) is 0 Å². The lowest BCUT2D eigenvalue weighted by molar-refractivity contribution is -0.126. The Hall–Kier alpha value is -0.410. The van der Waals surface area contributed by atoms with E-state index in [0.717, 1.165) is 38.8 Å². The summed E-state index contributed by atoms with van der Waals surface area (Å²) in [7, 11) is 1.79. The first kappa shape index (κ1) is 13.0. The molecule has 1 aliphatic heterocycles. The Bertz CT molecular complexity index is 267. The van der Waals surface area contributed by atoms with Crippen molar-refractivity contribution in [2.75, 3.05) is 20.2 Å². The number of Topliss-reactive ketones (excluding diaryl/α,β-unsaturated/α-hetero) is 1. The molecule has 2 aliphatic rings. The van der Waals surface area contributed by atoms with E-state index >= 15 is 0 Å². The third kappa shape index (κ3) is 3.08. The van der Waals surface area contributed by atoms with Gasteiger partial charge in [-0.05, 0) is 31.7 Å². The van der Waals surface area contributed by atoms with E-state index in [2.05, 4.69) is 11.8 Å². The molecule has 3 heteroatoms. The van der Waals surface area contributed by atoms with Crippen LogP contribution in [0.25, 0.3) is 0 Å². The number of piperidine rings is 1. The summed E-state index contributed by atoms with van der Waals surface area (Å²) >= 11 is 0. The lowest BCUT2D eigenvalue weighted by atomic mass is 9.93. The van der Waals surface area contributed by atoms with Crippen molar-refractivity contribution in [3.8, 4) is 0 Å². The van der Waals surface area contributed by atoms with Gasteiger partial charge in [0.05, 0.1) is 12.1 Å². The SMILES string of the molecule is COC1CN(C2CCCCCC2=O)CCC1C. The molecule has 2 rings (SSSR count). The van der Waals surface area contributed by atoms with E-state index in [-0.39, 0.29) is 6.04 Å². The van der Waals surface area contributed by atoms with Crippen LogP contribution >= 0.6 is 0 Å². The highest BCUT2D eigenvalue weighted by atomic mass is 16.5. The lowest BCUT2D eigenvalue weighted by Gasteiger charge is -2.39. The molecular weight excluding hydrogens is 214 g/mol. The Morgan fingerprint density at radius 1 is 1.24 bits per heavy atom. The molecule has 0 aromatic heterocycles. The van der Waals surface area contributed by atoms with Crippen molar-refractivity contribution in [1.29, 1.82) is 0 Å². The average molecular weight is 239 g/mol. The summed E-state index contributed by atoms with van der Waals surface area (Å²) in [6.45, 7) is 4.26. The zero-order valence-corrected chi connectivity index (χ0v) is 11.2. The van der Waals surface area contributed by atoms with Crippen LogP contribution in [0.5, 0.6) is 0 Å². The number of hydrogen-bond donors (Lipinski definition) is 0. The number of carbonyl (C=O) groups is 1. The molecule has 1 heterocycles. The fraction of sp³-hybridized carbons (Fsp3) is 0.929. The van der Waals surface area contributed by atoms with Gasteiger partial charge in [0, 0.05) is 20.1 Å². The van der Waals surface area contributed by atoms with Gasteiger partial charge in [0.2, 0.25) is 0 Å². The second kappa shape index (κ2) is 5.96. The summed E-state index contributed by atoms with van der Waals surface area (Å²) in [5.74, 6) is 1.09. The number of hydrogen-bond acceptors (Lipinski definition) is 3. The minimum atomic E-state index is 0.183. The molecule has 0 aromatic rings. The molecule has 0 spiro atoms. The number of methoxy groups -OCH3 is 1. The summed E-state index contributed by atoms with van der Waals surface area (Å²) < 4.78 is 5.54. The largest absolute Gasteiger partial charge is 0.380 e. The summed E-state index contributed by atoms with van der Waals surface area (Å²) in [6.07, 6.45) is 6.83. The Labute approximate surface area is 105 Å². The predicted molar refractivity (Wildman–Crippen MR) is 68.0 cm³/mol. The summed E-state index contributed by atoms with van der Waals surface area (Å²) in [6, 6.07) is 0.183. The highest BCUT2D eigenvalue weighted by Gasteiger charge is 2.33. The van der Waals surface area contributed by atoms with Gasteiger partial charge in [-0.15, -0.1) is 0 Å². The van der Waals surface area contributed by atoms with Crippen molar-refractivity contribution in [3.05, 3.63) is 0 Å². The van der Waals surface area contributed by atoms with Gasteiger partial charge in [-0.25, -0.2) is 0 Å². The number of nitrogens with zero attached hydrogens (tertiary/aromatic N) is 1. The summed E-state index contributed by atoms with van der Waals surface area (Å²) in [5.41, 5.74) is 0. The Balaban J connectivity index is 1.98. The minimum absolute atomic E-state index is 0.183. The van der Waals surface area contributed by atoms with E-state index in [0.29, 0.717) is 17.8 Å². The van der Waals surface area contributed by atoms with E-state index in [1.54, 1.807) is 7.11 Å². The molecular formula is C14H25NO2. The molecule has 17 heavy (non-hydrogen) atoms. The maximum atomic E-state index is 12.1. The molecule has 0 bridgehead atoms. The van der Waals surface area contributed by atoms with Crippen molar-refractivity contribution in [2.45, 2.75) is 57.6 Å². The lowest BCUT2D eigenvalue weighted by Crippen LogP contribution is -2.50. The predicted octanol–water partition coefficient (Wildman–Crippen LogP) is 2.25. The third-order valence-electron chi connectivity index (χ3n) is 4.44. The van der Waals surface area contributed by atoms with E-state index in [1.807, 2.05) is 0 Å². The van der Waals surface area contributed by atoms with E-state index in [1.165, 1.54) is 12.8 Å². The summed E-state index contributed by atoms with van der Waals surface area (Å²) in [5, 5.41) is 0. The molecule has 98 valence electrons. The van der Waals surface area contributed by atoms with Gasteiger partial charge in [0.1, 0.15) is 5.78 Å². The maximum absolute atomic E-state index is 12.1. The molecule has 0 N–H and O–H groups in total. The van der Waals surface area contributed by atoms with Crippen molar-refractivity contribution in [2.24, 2.45) is 5.92 Å². The monoisotopic (exact) mass is 239 g/mol. The molecule has 0 amide bonds. The number of rotatable bonds is 2. The first-order chi connectivity index (χ1) is 8.22. The standard InChI is InChI=1S/C14H25NO2/c1-11-8-9-15(10-14(11)17-2)12-6-4-3-5-7-13(12)16/h11-12,14H,3-10H2,1-2H3. The quantitative estimate of drug-likeness (QED) is 0.692. The van der Waals surface area contributed by atoms with Crippen LogP contribution in [-0.4, -0.2) is 43.0 Å². The fourth-order valence-electron chi connectivity index (χ4n) is 3.18. The fourth-order valence-corrected chi connectivity index (χ4v) is 3.18. The highest BCUT2D eigenvalue weighted by Crippen LogP contribution is 2.25. The van der Waals surface area contributed by atoms with Crippen LogP contribution in [0.15, 0.2) is 0 Å². The van der Waals surface area contributed by atoms with Gasteiger partial charge < -0.3 is 4.74 Å². The van der Waals surface area contributed by atoms with Gasteiger partial charge in [0.25, 0.3) is 0 Å². The molecule has 0 aromatic carbocycles. The molecule has 3 nitrogen and oxygen atoms in total. The van der Waals surface area contributed by atoms with Crippen molar-refractivity contribution >= 4 is 5.78 Å². The van der Waals surface area contributed by atoms with Crippen molar-refractivity contribution in [3.63, 3.8) is 0 Å². The molecule has 1 saturated heterocycles. The zero-order valence-electron chi connectivity index (χ0n) is 11.2. The zero-order chi connectivity index (χ0) is 12.3. The number of ether oxygens (including phenoxy) is 1. The smallest absolute Gasteiger partial charge is 0.149 e. The van der Waals surface area contributed by atoms with Gasteiger partial charge in [-0.2, -0.15) is 0 Å². The Morgan fingerprint density at radius 3 is 2.82 bits per heavy atom. The molecule has 1 saturated carbocycles. The third-order valence-corrected chi connectivity index (χ3v) is 4.44. The van der Waals surface area contributed by atoms with Crippen LogP contribution < -0.4 is 0 Å². The molecule has 0 radical (unpaired) electrons. The van der Waals surface area contributed by atoms with E-state index < -0.39 is 0 Å². The van der Waals surface area contributed by atoms with E-state index in [4.69, 9.17) is 4.74 Å². The number of likely N-dealkylation sites (tertiary alicyclic amines) is 1. The molecule has 1 aliphatic carbocycles. The number of ketones is 1. The van der Waals surface area contributed by atoms with Crippen LogP contribution in [0, 0.1) is 5.92 Å². The first-order valence-electron chi connectivity index (χ1n) is 7.02. The molecule has 2 fully saturated rings. The van der Waals surface area contributed by atoms with Gasteiger partial charge in [-0.1, -0.05) is 19.8 Å². The van der Waals surface area contributed by atoms with Crippen LogP contribution in [0.3, 0.4) is 0 Å². The highest BCUT2D eigenvalue weighted by molar-refractivity contribution is 5.84. The normalized spacial score (nSPS) is 36.8. The molecule has 3 atom stereocenters. The van der Waals surface area contributed by atoms with Crippen LogP contribution in [0.2, 0.25) is 0 Å². The van der Waals surface area contributed by atoms with Crippen molar-refractivity contribution < 1.29 is 9.53 Å². The van der Waals surface area contributed by atoms with Crippen LogP contribution in [0.4, 0.5) is 0 Å². The second-order valence-electron chi connectivity index (χ2n) is 5.62. The average Bonchev–Trinajstić information content (AvgIpc) is 2.55. The first-order valence-corrected chi connectivity index (χ1v) is 7.02. The van der Waals surface area contributed by atoms with Crippen LogP contribution in [-0.2, 0) is 9.53 Å². The molecule has 3 unspecified atom stereocenters. The van der Waals surface area contributed by atoms with Crippen LogP contribution in [0.1, 0.15) is 45.4 Å². The summed E-state index contributed by atoms with van der Waals surface area (Å²) in [4.78, 5) is 14.5. The maximum Gasteiger partial charge on any atom is 0.149 e. The minimum Gasteiger partial charge on any atom is -0.380 e. The Morgan fingerprint density at radius 2 is 2.06 bits per heavy atom. The van der Waals surface area contributed by atoms with Gasteiger partial charge in [-0.3, -0.25) is 9.69 Å².